The molecule has 0 fully saturated rings. The van der Waals surface area contributed by atoms with E-state index in [0.717, 1.165) is 5.56 Å². The van der Waals surface area contributed by atoms with Gasteiger partial charge in [-0.05, 0) is 17.5 Å². The van der Waals surface area contributed by atoms with E-state index < -0.39 is 10.2 Å². The van der Waals surface area contributed by atoms with Crippen LogP contribution in [0.15, 0.2) is 24.3 Å². The smallest absolute Gasteiger partial charge is 0.277 e. The molecule has 0 unspecified atom stereocenters. The van der Waals surface area contributed by atoms with E-state index in [1.807, 2.05) is 26.0 Å². The van der Waals surface area contributed by atoms with Crippen LogP contribution in [0.3, 0.4) is 0 Å². The molecule has 0 aliphatic heterocycles. The summed E-state index contributed by atoms with van der Waals surface area (Å²) in [6.45, 7) is 4.50. The topological polar surface area (TPSA) is 84.2 Å². The van der Waals surface area contributed by atoms with Crippen LogP contribution in [0.5, 0.6) is 0 Å². The van der Waals surface area contributed by atoms with E-state index in [4.69, 9.17) is 5.73 Å². The molecule has 0 heterocycles. The zero-order valence-corrected chi connectivity index (χ0v) is 10.9. The molecule has 1 aromatic carbocycles. The predicted molar refractivity (Wildman–Crippen MR) is 69.5 cm³/mol. The number of nitrogen functional groups attached to an aromatic ring is 1. The summed E-state index contributed by atoms with van der Waals surface area (Å²) in [5, 5.41) is 0. The van der Waals surface area contributed by atoms with Gasteiger partial charge in [-0.2, -0.15) is 13.1 Å². The van der Waals surface area contributed by atoms with Crippen molar-refractivity contribution in [3.8, 4) is 0 Å². The maximum atomic E-state index is 11.6. The molecular weight excluding hydrogens is 238 g/mol. The molecule has 5 nitrogen and oxygen atoms in total. The highest BCUT2D eigenvalue weighted by Crippen LogP contribution is 2.09. The molecule has 0 aromatic heterocycles. The third-order valence-electron chi connectivity index (χ3n) is 2.19. The fourth-order valence-electron chi connectivity index (χ4n) is 1.20. The van der Waals surface area contributed by atoms with Crippen molar-refractivity contribution in [3.05, 3.63) is 29.8 Å². The van der Waals surface area contributed by atoms with Crippen LogP contribution in [-0.2, 0) is 16.8 Å². The maximum absolute atomic E-state index is 11.6. The van der Waals surface area contributed by atoms with Gasteiger partial charge in [-0.25, -0.2) is 4.72 Å². The molecular formula is C11H19N3O2S. The van der Waals surface area contributed by atoms with Crippen LogP contribution < -0.4 is 15.2 Å². The standard InChI is InChI=1S/C11H19N3O2S/c1-9(2)7-13-17(15,16)14-8-10-5-3-4-6-11(10)12/h3-6,9,13-14H,7-8,12H2,1-2H3. The molecule has 1 rings (SSSR count). The van der Waals surface area contributed by atoms with Crippen molar-refractivity contribution in [1.82, 2.24) is 9.44 Å². The van der Waals surface area contributed by atoms with Crippen molar-refractivity contribution in [2.75, 3.05) is 12.3 Å². The zero-order valence-electron chi connectivity index (χ0n) is 10.1. The first-order valence-electron chi connectivity index (χ1n) is 5.48. The molecule has 0 saturated carbocycles. The molecule has 17 heavy (non-hydrogen) atoms. The number of nitrogens with one attached hydrogen (secondary N) is 2. The normalized spacial score (nSPS) is 11.9. The van der Waals surface area contributed by atoms with Gasteiger partial charge in [-0.3, -0.25) is 0 Å². The average Bonchev–Trinajstić information content (AvgIpc) is 2.26. The van der Waals surface area contributed by atoms with E-state index >= 15 is 0 Å². The molecule has 96 valence electrons. The molecule has 0 bridgehead atoms. The van der Waals surface area contributed by atoms with E-state index in [0.29, 0.717) is 12.2 Å². The second-order valence-electron chi connectivity index (χ2n) is 4.27. The molecule has 0 amide bonds. The van der Waals surface area contributed by atoms with Crippen molar-refractivity contribution >= 4 is 15.9 Å². The molecule has 1 aromatic rings. The van der Waals surface area contributed by atoms with Crippen molar-refractivity contribution in [3.63, 3.8) is 0 Å². The van der Waals surface area contributed by atoms with Crippen LogP contribution in [-0.4, -0.2) is 15.0 Å². The minimum absolute atomic E-state index is 0.195. The monoisotopic (exact) mass is 257 g/mol. The maximum Gasteiger partial charge on any atom is 0.277 e. The Hall–Kier alpha value is -1.11. The van der Waals surface area contributed by atoms with Gasteiger partial charge in [0.05, 0.1) is 0 Å². The van der Waals surface area contributed by atoms with Gasteiger partial charge < -0.3 is 5.73 Å². The van der Waals surface area contributed by atoms with Crippen molar-refractivity contribution in [2.45, 2.75) is 20.4 Å². The molecule has 0 aliphatic carbocycles. The lowest BCUT2D eigenvalue weighted by Crippen LogP contribution is -2.38. The van der Waals surface area contributed by atoms with Crippen LogP contribution in [0.2, 0.25) is 0 Å². The van der Waals surface area contributed by atoms with Crippen LogP contribution >= 0.6 is 0 Å². The molecule has 6 heteroatoms. The Bertz CT molecular complexity index is 458. The SMILES string of the molecule is CC(C)CNS(=O)(=O)NCc1ccccc1N. The Morgan fingerprint density at radius 3 is 2.47 bits per heavy atom. The largest absolute Gasteiger partial charge is 0.398 e. The van der Waals surface area contributed by atoms with Crippen molar-refractivity contribution in [2.24, 2.45) is 5.92 Å². The quantitative estimate of drug-likeness (QED) is 0.660. The number of para-hydroxylation sites is 1. The minimum Gasteiger partial charge on any atom is -0.398 e. The van der Waals surface area contributed by atoms with Gasteiger partial charge in [0.1, 0.15) is 0 Å². The molecule has 0 atom stereocenters. The fraction of sp³-hybridized carbons (Fsp3) is 0.455. The Morgan fingerprint density at radius 2 is 1.88 bits per heavy atom. The molecule has 0 spiro atoms. The first-order chi connectivity index (χ1) is 7.91. The Kier molecular flexibility index (Phi) is 4.92. The highest BCUT2D eigenvalue weighted by atomic mass is 32.2. The average molecular weight is 257 g/mol. The number of nitrogens with two attached hydrogens (primary N) is 1. The van der Waals surface area contributed by atoms with Gasteiger partial charge in [0, 0.05) is 18.8 Å². The minimum atomic E-state index is -3.45. The highest BCUT2D eigenvalue weighted by Gasteiger charge is 2.10. The van der Waals surface area contributed by atoms with Crippen LogP contribution in [0.25, 0.3) is 0 Å². The third-order valence-corrected chi connectivity index (χ3v) is 3.26. The van der Waals surface area contributed by atoms with Crippen molar-refractivity contribution in [1.29, 1.82) is 0 Å². The van der Waals surface area contributed by atoms with Crippen LogP contribution in [0.1, 0.15) is 19.4 Å². The molecule has 0 radical (unpaired) electrons. The first kappa shape index (κ1) is 14.0. The predicted octanol–water partition coefficient (Wildman–Crippen LogP) is 0.849. The summed E-state index contributed by atoms with van der Waals surface area (Å²) in [6.07, 6.45) is 0. The molecule has 0 aliphatic rings. The van der Waals surface area contributed by atoms with Crippen LogP contribution in [0, 0.1) is 5.92 Å². The van der Waals surface area contributed by atoms with E-state index in [1.165, 1.54) is 0 Å². The second kappa shape index (κ2) is 6.00. The summed E-state index contributed by atoms with van der Waals surface area (Å²) in [4.78, 5) is 0. The number of hydrogen-bond donors (Lipinski definition) is 3. The van der Waals surface area contributed by atoms with Crippen molar-refractivity contribution < 1.29 is 8.42 Å². The van der Waals surface area contributed by atoms with E-state index in [2.05, 4.69) is 9.44 Å². The number of rotatable bonds is 6. The highest BCUT2D eigenvalue weighted by molar-refractivity contribution is 7.87. The Morgan fingerprint density at radius 1 is 1.24 bits per heavy atom. The summed E-state index contributed by atoms with van der Waals surface area (Å²) in [6, 6.07) is 7.16. The van der Waals surface area contributed by atoms with Gasteiger partial charge in [0.2, 0.25) is 0 Å². The number of anilines is 1. The van der Waals surface area contributed by atoms with Crippen LogP contribution in [0.4, 0.5) is 5.69 Å². The summed E-state index contributed by atoms with van der Waals surface area (Å²) in [7, 11) is -3.45. The molecule has 4 N–H and O–H groups in total. The van der Waals surface area contributed by atoms with E-state index in [1.54, 1.807) is 12.1 Å². The summed E-state index contributed by atoms with van der Waals surface area (Å²) in [5.41, 5.74) is 7.07. The summed E-state index contributed by atoms with van der Waals surface area (Å²) in [5.74, 6) is 0.272. The third kappa shape index (κ3) is 5.16. The van der Waals surface area contributed by atoms with Gasteiger partial charge in [0.25, 0.3) is 10.2 Å². The van der Waals surface area contributed by atoms with Gasteiger partial charge in [-0.1, -0.05) is 32.0 Å². The number of benzene rings is 1. The Labute approximate surface area is 103 Å². The second-order valence-corrected chi connectivity index (χ2v) is 5.85. The first-order valence-corrected chi connectivity index (χ1v) is 6.96. The van der Waals surface area contributed by atoms with E-state index in [9.17, 15) is 8.42 Å². The van der Waals surface area contributed by atoms with E-state index in [-0.39, 0.29) is 12.5 Å². The number of hydrogen-bond acceptors (Lipinski definition) is 3. The molecule has 0 saturated heterocycles. The summed E-state index contributed by atoms with van der Waals surface area (Å²) >= 11 is 0. The zero-order chi connectivity index (χ0) is 12.9. The Balaban J connectivity index is 2.53. The van der Waals surface area contributed by atoms with Gasteiger partial charge in [-0.15, -0.1) is 0 Å². The van der Waals surface area contributed by atoms with Gasteiger partial charge >= 0.3 is 0 Å². The summed E-state index contributed by atoms with van der Waals surface area (Å²) < 4.78 is 28.0. The fourth-order valence-corrected chi connectivity index (χ4v) is 2.20. The lowest BCUT2D eigenvalue weighted by molar-refractivity contribution is 0.547. The van der Waals surface area contributed by atoms with Gasteiger partial charge in [0.15, 0.2) is 0 Å². The lowest BCUT2D eigenvalue weighted by Gasteiger charge is -2.10. The lowest BCUT2D eigenvalue weighted by atomic mass is 10.2.